The number of ketones is 1. The Morgan fingerprint density at radius 2 is 1.67 bits per heavy atom. The van der Waals surface area contributed by atoms with Crippen molar-refractivity contribution in [3.05, 3.63) is 88.3 Å². The molecule has 43 heavy (non-hydrogen) atoms. The molecule has 0 atom stereocenters. The highest BCUT2D eigenvalue weighted by Gasteiger charge is 2.47. The molecule has 0 radical (unpaired) electrons. The van der Waals surface area contributed by atoms with E-state index in [-0.39, 0.29) is 16.1 Å². The molecule has 0 aromatic heterocycles. The number of benzene rings is 2. The highest BCUT2D eigenvalue weighted by Crippen LogP contribution is 2.50. The van der Waals surface area contributed by atoms with Gasteiger partial charge in [0.2, 0.25) is 11.5 Å². The Balaban J connectivity index is 1.60. The number of hydrogen-bond donors (Lipinski definition) is 1. The van der Waals surface area contributed by atoms with E-state index in [1.165, 1.54) is 11.6 Å². The molecule has 8 nitrogen and oxygen atoms in total. The summed E-state index contributed by atoms with van der Waals surface area (Å²) < 4.78 is 42.6. The molecular formula is C34H43N3O5S+2. The van der Waals surface area contributed by atoms with Gasteiger partial charge in [-0.2, -0.15) is 13.0 Å². The van der Waals surface area contributed by atoms with E-state index >= 15 is 0 Å². The number of para-hydroxylation sites is 1. The molecule has 1 N–H and O–H groups in total. The minimum Gasteiger partial charge on any atom is -0.495 e. The number of nitrogens with zero attached hydrogens (tertiary/aromatic N) is 3. The van der Waals surface area contributed by atoms with Gasteiger partial charge >= 0.3 is 0 Å². The van der Waals surface area contributed by atoms with Gasteiger partial charge in [0.15, 0.2) is 5.71 Å². The van der Waals surface area contributed by atoms with Crippen molar-refractivity contribution in [1.82, 2.24) is 0 Å². The lowest BCUT2D eigenvalue weighted by molar-refractivity contribution is -0.870. The van der Waals surface area contributed by atoms with E-state index < -0.39 is 15.5 Å². The highest BCUT2D eigenvalue weighted by atomic mass is 32.2. The topological polar surface area (TPSA) is 86.9 Å². The molecule has 0 saturated carbocycles. The average Bonchev–Trinajstić information content (AvgIpc) is 3.24. The van der Waals surface area contributed by atoms with Crippen molar-refractivity contribution >= 4 is 33.0 Å². The van der Waals surface area contributed by atoms with Gasteiger partial charge in [-0.3, -0.25) is 9.35 Å². The summed E-state index contributed by atoms with van der Waals surface area (Å²) in [7, 11) is 5.67. The first-order valence-corrected chi connectivity index (χ1v) is 16.0. The average molecular weight is 606 g/mol. The molecule has 228 valence electrons. The molecule has 0 fully saturated rings. The summed E-state index contributed by atoms with van der Waals surface area (Å²) in [6.45, 7) is 9.98. The molecule has 2 aromatic carbocycles. The van der Waals surface area contributed by atoms with Crippen molar-refractivity contribution in [1.29, 1.82) is 0 Å². The van der Waals surface area contributed by atoms with Crippen molar-refractivity contribution in [3.8, 4) is 0 Å². The second kappa shape index (κ2) is 10.3. The van der Waals surface area contributed by atoms with Crippen LogP contribution in [0.2, 0.25) is 0 Å². The molecule has 0 saturated heterocycles. The van der Waals surface area contributed by atoms with Gasteiger partial charge in [0.1, 0.15) is 12.8 Å². The van der Waals surface area contributed by atoms with Gasteiger partial charge < -0.3 is 14.1 Å². The number of allylic oxidation sites excluding steroid dienone is 5. The van der Waals surface area contributed by atoms with E-state index in [0.717, 1.165) is 45.8 Å². The predicted octanol–water partition coefficient (Wildman–Crippen LogP) is 5.13. The Hall–Kier alpha value is -3.53. The Kier molecular flexibility index (Phi) is 7.39. The van der Waals surface area contributed by atoms with Gasteiger partial charge in [-0.05, 0) is 43.7 Å². The first kappa shape index (κ1) is 30.9. The number of methoxy groups -OCH3 is 1. The SMILES string of the molecule is COC1=C(/C=C2/N(CCC[N+](C)(C)C)c3ccc(S(=O)(=O)O)cc3C2(C)C)C(=O)/C1=C\C1=[N+](C)c2ccccc2C1(C)C. The Labute approximate surface area is 255 Å². The molecule has 2 heterocycles. The summed E-state index contributed by atoms with van der Waals surface area (Å²) in [4.78, 5) is 15.8. The number of ether oxygens (including phenoxy) is 1. The molecule has 0 amide bonds. The number of rotatable bonds is 8. The van der Waals surface area contributed by atoms with Crippen LogP contribution in [-0.2, 0) is 30.5 Å². The van der Waals surface area contributed by atoms with Gasteiger partial charge in [0.25, 0.3) is 10.1 Å². The monoisotopic (exact) mass is 605 g/mol. The maximum Gasteiger partial charge on any atom is 0.294 e. The Morgan fingerprint density at radius 1 is 1.00 bits per heavy atom. The van der Waals surface area contributed by atoms with Gasteiger partial charge in [-0.1, -0.05) is 32.0 Å². The lowest BCUT2D eigenvalue weighted by Gasteiger charge is -2.31. The number of fused-ring (bicyclic) bond motifs is 2. The van der Waals surface area contributed by atoms with E-state index in [0.29, 0.717) is 23.5 Å². The van der Waals surface area contributed by atoms with Gasteiger partial charge in [0.05, 0.1) is 56.3 Å². The van der Waals surface area contributed by atoms with Crippen molar-refractivity contribution < 1.29 is 31.6 Å². The molecule has 1 aliphatic carbocycles. The molecule has 9 heteroatoms. The maximum absolute atomic E-state index is 13.8. The van der Waals surface area contributed by atoms with Crippen LogP contribution in [0.25, 0.3) is 0 Å². The lowest BCUT2D eigenvalue weighted by atomic mass is 9.77. The first-order chi connectivity index (χ1) is 19.9. The van der Waals surface area contributed by atoms with Crippen LogP contribution in [0.1, 0.15) is 45.2 Å². The highest BCUT2D eigenvalue weighted by molar-refractivity contribution is 7.85. The number of quaternary nitrogens is 1. The largest absolute Gasteiger partial charge is 0.495 e. The van der Waals surface area contributed by atoms with Crippen LogP contribution in [0, 0.1) is 0 Å². The van der Waals surface area contributed by atoms with E-state index in [4.69, 9.17) is 4.74 Å². The summed E-state index contributed by atoms with van der Waals surface area (Å²) in [5.74, 6) is 0.454. The fourth-order valence-electron chi connectivity index (χ4n) is 6.67. The molecule has 3 aliphatic rings. The van der Waals surface area contributed by atoms with Gasteiger partial charge in [0, 0.05) is 47.5 Å². The van der Waals surface area contributed by atoms with Crippen LogP contribution < -0.4 is 4.90 Å². The standard InChI is InChI=1S/C34H42N3O5S/c1-33(2)25-13-10-11-14-27(25)35(5)29(33)20-23-31(38)24(32(23)42-9)21-30-34(3,4)26-19-22(43(39,40)41)15-16-28(26)36(30)17-12-18-37(6,7)8/h10-11,13-16,19-21H,12,17-18H2,1-9H3/q+1/p+1. The molecule has 2 aromatic rings. The van der Waals surface area contributed by atoms with Crippen molar-refractivity contribution in [3.63, 3.8) is 0 Å². The lowest BCUT2D eigenvalue weighted by Crippen LogP contribution is -2.37. The Bertz CT molecular complexity index is 1770. The number of Topliss-reactive ketones (excluding diaryl/α,β-unsaturated/α-hetero) is 1. The van der Waals surface area contributed by atoms with Crippen LogP contribution in [0.5, 0.6) is 0 Å². The zero-order chi connectivity index (χ0) is 31.7. The number of hydrogen-bond acceptors (Lipinski definition) is 5. The summed E-state index contributed by atoms with van der Waals surface area (Å²) in [5.41, 5.74) is 5.99. The Morgan fingerprint density at radius 3 is 2.28 bits per heavy atom. The third-order valence-corrected chi connectivity index (χ3v) is 9.91. The number of anilines is 1. The predicted molar refractivity (Wildman–Crippen MR) is 170 cm³/mol. The molecule has 2 aliphatic heterocycles. The maximum atomic E-state index is 13.8. The zero-order valence-electron chi connectivity index (χ0n) is 26.6. The van der Waals surface area contributed by atoms with Gasteiger partial charge in [-0.25, -0.2) is 0 Å². The van der Waals surface area contributed by atoms with Crippen LogP contribution >= 0.6 is 0 Å². The second-order valence-corrected chi connectivity index (χ2v) is 15.2. The van der Waals surface area contributed by atoms with Crippen LogP contribution in [-0.4, -0.2) is 81.9 Å². The normalized spacial score (nSPS) is 21.1. The summed E-state index contributed by atoms with van der Waals surface area (Å²) in [6.07, 6.45) is 4.74. The first-order valence-electron chi connectivity index (χ1n) is 14.6. The molecule has 0 unspecified atom stereocenters. The van der Waals surface area contributed by atoms with Crippen LogP contribution in [0.4, 0.5) is 11.4 Å². The van der Waals surface area contributed by atoms with E-state index in [1.807, 2.05) is 45.2 Å². The zero-order valence-corrected chi connectivity index (χ0v) is 27.5. The molecular weight excluding hydrogens is 562 g/mol. The summed E-state index contributed by atoms with van der Waals surface area (Å²) in [5, 5.41) is 0. The third-order valence-electron chi connectivity index (χ3n) is 9.06. The third kappa shape index (κ3) is 5.17. The summed E-state index contributed by atoms with van der Waals surface area (Å²) >= 11 is 0. The molecule has 0 bridgehead atoms. The second-order valence-electron chi connectivity index (χ2n) is 13.7. The fourth-order valence-corrected chi connectivity index (χ4v) is 7.17. The number of carbonyl (C=O) groups is 1. The van der Waals surface area contributed by atoms with Crippen LogP contribution in [0.3, 0.4) is 0 Å². The van der Waals surface area contributed by atoms with E-state index in [1.54, 1.807) is 19.2 Å². The van der Waals surface area contributed by atoms with Crippen molar-refractivity contribution in [2.45, 2.75) is 49.8 Å². The smallest absolute Gasteiger partial charge is 0.294 e. The number of carbonyl (C=O) groups excluding carboxylic acids is 1. The summed E-state index contributed by atoms with van der Waals surface area (Å²) in [6, 6.07) is 13.0. The van der Waals surface area contributed by atoms with E-state index in [9.17, 15) is 17.8 Å². The molecule has 5 rings (SSSR count). The molecule has 0 spiro atoms. The van der Waals surface area contributed by atoms with Crippen LogP contribution in [0.15, 0.2) is 82.1 Å². The minimum absolute atomic E-state index is 0.0892. The van der Waals surface area contributed by atoms with E-state index in [2.05, 4.69) is 56.6 Å². The minimum atomic E-state index is -4.37. The fraction of sp³-hybridized carbons (Fsp3) is 0.412. The van der Waals surface area contributed by atoms with Crippen molar-refractivity contribution in [2.24, 2.45) is 0 Å². The van der Waals surface area contributed by atoms with Gasteiger partial charge in [-0.15, -0.1) is 0 Å². The van der Waals surface area contributed by atoms with Crippen molar-refractivity contribution in [2.75, 3.05) is 53.3 Å². The quantitative estimate of drug-likeness (QED) is 0.194.